The summed E-state index contributed by atoms with van der Waals surface area (Å²) in [5, 5.41) is 2.84. The van der Waals surface area contributed by atoms with E-state index < -0.39 is 0 Å². The molecule has 1 N–H and O–H groups in total. The highest BCUT2D eigenvalue weighted by Gasteiger charge is 2.06. The van der Waals surface area contributed by atoms with Crippen LogP contribution >= 0.6 is 0 Å². The van der Waals surface area contributed by atoms with Crippen LogP contribution < -0.4 is 10.1 Å². The minimum absolute atomic E-state index is 0.172. The second-order valence-corrected chi connectivity index (χ2v) is 5.03. The van der Waals surface area contributed by atoms with Crippen molar-refractivity contribution >= 4 is 11.6 Å². The summed E-state index contributed by atoms with van der Waals surface area (Å²) < 4.78 is 5.76. The smallest absolute Gasteiger partial charge is 0.248 e. The predicted molar refractivity (Wildman–Crippen MR) is 87.8 cm³/mol. The van der Waals surface area contributed by atoms with Gasteiger partial charge in [0.05, 0.1) is 5.69 Å². The van der Waals surface area contributed by atoms with Crippen LogP contribution in [0.1, 0.15) is 12.5 Å². The Morgan fingerprint density at radius 1 is 1.33 bits per heavy atom. The van der Waals surface area contributed by atoms with E-state index in [1.54, 1.807) is 6.08 Å². The molecule has 0 aliphatic rings. The van der Waals surface area contributed by atoms with Crippen molar-refractivity contribution in [3.05, 3.63) is 48.1 Å². The standard InChI is InChI=1S/C17H24N2O2/c1-5-6-7-8-17(20)18-15-10-9-14(2)13-16(15)21-12-11-19(3)4/h5-10,13H,11-12H2,1-4H3,(H,18,20). The summed E-state index contributed by atoms with van der Waals surface area (Å²) >= 11 is 0. The average Bonchev–Trinajstić information content (AvgIpc) is 2.41. The van der Waals surface area contributed by atoms with E-state index in [1.807, 2.05) is 63.2 Å². The number of rotatable bonds is 7. The van der Waals surface area contributed by atoms with Crippen molar-refractivity contribution < 1.29 is 9.53 Å². The molecule has 21 heavy (non-hydrogen) atoms. The van der Waals surface area contributed by atoms with Crippen LogP contribution in [0.5, 0.6) is 5.75 Å². The third-order valence-corrected chi connectivity index (χ3v) is 2.74. The first kappa shape index (κ1) is 17.0. The number of amides is 1. The Labute approximate surface area is 127 Å². The van der Waals surface area contributed by atoms with Gasteiger partial charge in [0.15, 0.2) is 0 Å². The summed E-state index contributed by atoms with van der Waals surface area (Å²) in [5.74, 6) is 0.527. The van der Waals surface area contributed by atoms with E-state index in [0.29, 0.717) is 18.0 Å². The molecule has 0 unspecified atom stereocenters. The number of ether oxygens (including phenoxy) is 1. The van der Waals surface area contributed by atoms with E-state index in [0.717, 1.165) is 12.1 Å². The molecule has 4 heteroatoms. The van der Waals surface area contributed by atoms with E-state index in [4.69, 9.17) is 4.74 Å². The Kier molecular flexibility index (Phi) is 7.26. The van der Waals surface area contributed by atoms with E-state index in [-0.39, 0.29) is 5.91 Å². The molecule has 0 spiro atoms. The average molecular weight is 288 g/mol. The third kappa shape index (κ3) is 6.77. The summed E-state index contributed by atoms with van der Waals surface area (Å²) in [7, 11) is 3.99. The van der Waals surface area contributed by atoms with Crippen molar-refractivity contribution in [3.8, 4) is 5.75 Å². The summed E-state index contributed by atoms with van der Waals surface area (Å²) in [5.41, 5.74) is 1.78. The molecule has 1 rings (SSSR count). The first-order valence-electron chi connectivity index (χ1n) is 7.01. The van der Waals surface area contributed by atoms with Crippen molar-refractivity contribution in [2.75, 3.05) is 32.6 Å². The Balaban J connectivity index is 2.74. The minimum Gasteiger partial charge on any atom is -0.490 e. The van der Waals surface area contributed by atoms with Crippen LogP contribution in [0.25, 0.3) is 0 Å². The molecule has 0 saturated carbocycles. The number of allylic oxidation sites excluding steroid dienone is 3. The third-order valence-electron chi connectivity index (χ3n) is 2.74. The lowest BCUT2D eigenvalue weighted by molar-refractivity contribution is -0.111. The molecule has 1 aromatic carbocycles. The van der Waals surface area contributed by atoms with Gasteiger partial charge in [-0.3, -0.25) is 4.79 Å². The molecule has 0 atom stereocenters. The van der Waals surface area contributed by atoms with E-state index in [9.17, 15) is 4.79 Å². The van der Waals surface area contributed by atoms with Crippen LogP contribution in [-0.2, 0) is 4.79 Å². The fourth-order valence-corrected chi connectivity index (χ4v) is 1.62. The number of hydrogen-bond donors (Lipinski definition) is 1. The number of benzene rings is 1. The molecule has 0 saturated heterocycles. The van der Waals surface area contributed by atoms with Crippen LogP contribution in [0.2, 0.25) is 0 Å². The lowest BCUT2D eigenvalue weighted by atomic mass is 10.2. The number of carbonyl (C=O) groups is 1. The van der Waals surface area contributed by atoms with Gasteiger partial charge in [0.2, 0.25) is 5.91 Å². The fourth-order valence-electron chi connectivity index (χ4n) is 1.62. The molecule has 0 heterocycles. The number of nitrogens with zero attached hydrogens (tertiary/aromatic N) is 1. The van der Waals surface area contributed by atoms with Gasteiger partial charge >= 0.3 is 0 Å². The van der Waals surface area contributed by atoms with E-state index in [2.05, 4.69) is 5.32 Å². The molecule has 1 aromatic rings. The normalized spacial score (nSPS) is 11.5. The number of likely N-dealkylation sites (N-methyl/N-ethyl adjacent to an activating group) is 1. The predicted octanol–water partition coefficient (Wildman–Crippen LogP) is 3.01. The highest BCUT2D eigenvalue weighted by atomic mass is 16.5. The number of anilines is 1. The summed E-state index contributed by atoms with van der Waals surface area (Å²) in [6, 6.07) is 5.74. The van der Waals surface area contributed by atoms with Gasteiger partial charge in [0.1, 0.15) is 12.4 Å². The quantitative estimate of drug-likeness (QED) is 0.619. The van der Waals surface area contributed by atoms with E-state index >= 15 is 0 Å². The maximum Gasteiger partial charge on any atom is 0.248 e. The number of nitrogens with one attached hydrogen (secondary N) is 1. The van der Waals surface area contributed by atoms with Gasteiger partial charge in [-0.05, 0) is 45.6 Å². The van der Waals surface area contributed by atoms with Gasteiger partial charge in [0, 0.05) is 12.6 Å². The van der Waals surface area contributed by atoms with Crippen LogP contribution in [0.3, 0.4) is 0 Å². The van der Waals surface area contributed by atoms with Gasteiger partial charge in [-0.2, -0.15) is 0 Å². The minimum atomic E-state index is -0.172. The molecule has 0 fully saturated rings. The highest BCUT2D eigenvalue weighted by Crippen LogP contribution is 2.25. The Bertz CT molecular complexity index is 520. The van der Waals surface area contributed by atoms with Gasteiger partial charge in [-0.1, -0.05) is 24.3 Å². The van der Waals surface area contributed by atoms with Crippen molar-refractivity contribution in [3.63, 3.8) is 0 Å². The maximum atomic E-state index is 11.8. The number of hydrogen-bond acceptors (Lipinski definition) is 3. The molecule has 4 nitrogen and oxygen atoms in total. The lowest BCUT2D eigenvalue weighted by Crippen LogP contribution is -2.20. The first-order valence-corrected chi connectivity index (χ1v) is 7.01. The highest BCUT2D eigenvalue weighted by molar-refractivity contribution is 6.00. The molecule has 0 aromatic heterocycles. The Morgan fingerprint density at radius 3 is 2.76 bits per heavy atom. The van der Waals surface area contributed by atoms with Crippen molar-refractivity contribution in [2.45, 2.75) is 13.8 Å². The fraction of sp³-hybridized carbons (Fsp3) is 0.353. The molecule has 0 bridgehead atoms. The number of aryl methyl sites for hydroxylation is 1. The lowest BCUT2D eigenvalue weighted by Gasteiger charge is -2.14. The zero-order valence-electron chi connectivity index (χ0n) is 13.2. The molecule has 0 aliphatic heterocycles. The summed E-state index contributed by atoms with van der Waals surface area (Å²) in [6.45, 7) is 5.30. The van der Waals surface area contributed by atoms with Crippen molar-refractivity contribution in [2.24, 2.45) is 0 Å². The molecule has 114 valence electrons. The SMILES string of the molecule is CC=CC=CC(=O)Nc1ccc(C)cc1OCCN(C)C. The maximum absolute atomic E-state index is 11.8. The zero-order valence-corrected chi connectivity index (χ0v) is 13.2. The molecule has 0 aliphatic carbocycles. The summed E-state index contributed by atoms with van der Waals surface area (Å²) in [4.78, 5) is 13.9. The summed E-state index contributed by atoms with van der Waals surface area (Å²) in [6.07, 6.45) is 6.87. The van der Waals surface area contributed by atoms with Crippen molar-refractivity contribution in [1.29, 1.82) is 0 Å². The van der Waals surface area contributed by atoms with Crippen LogP contribution in [0.15, 0.2) is 42.5 Å². The van der Waals surface area contributed by atoms with Gasteiger partial charge in [-0.15, -0.1) is 0 Å². The largest absolute Gasteiger partial charge is 0.490 e. The molecule has 1 amide bonds. The first-order chi connectivity index (χ1) is 10.0. The van der Waals surface area contributed by atoms with Crippen LogP contribution in [0, 0.1) is 6.92 Å². The monoisotopic (exact) mass is 288 g/mol. The molecular weight excluding hydrogens is 264 g/mol. The second-order valence-electron chi connectivity index (χ2n) is 5.03. The van der Waals surface area contributed by atoms with Crippen molar-refractivity contribution in [1.82, 2.24) is 4.90 Å². The van der Waals surface area contributed by atoms with Crippen LogP contribution in [0.4, 0.5) is 5.69 Å². The van der Waals surface area contributed by atoms with Gasteiger partial charge in [0.25, 0.3) is 0 Å². The Morgan fingerprint density at radius 2 is 2.10 bits per heavy atom. The topological polar surface area (TPSA) is 41.6 Å². The van der Waals surface area contributed by atoms with Gasteiger partial charge < -0.3 is 15.0 Å². The molecule has 0 radical (unpaired) electrons. The zero-order chi connectivity index (χ0) is 15.7. The Hall–Kier alpha value is -2.07. The van der Waals surface area contributed by atoms with Gasteiger partial charge in [-0.25, -0.2) is 0 Å². The molecular formula is C17H24N2O2. The van der Waals surface area contributed by atoms with E-state index in [1.165, 1.54) is 6.08 Å². The second kappa shape index (κ2) is 8.97. The number of carbonyl (C=O) groups excluding carboxylic acids is 1. The van der Waals surface area contributed by atoms with Crippen LogP contribution in [-0.4, -0.2) is 38.1 Å².